The van der Waals surface area contributed by atoms with Crippen LogP contribution in [0, 0.1) is 20.2 Å². The van der Waals surface area contributed by atoms with Gasteiger partial charge in [0.05, 0.1) is 45.2 Å². The number of nitrogens with zero attached hydrogens (tertiary/aromatic N) is 2. The molecule has 4 rings (SSSR count). The predicted molar refractivity (Wildman–Crippen MR) is 150 cm³/mol. The van der Waals surface area contributed by atoms with Gasteiger partial charge in [-0.2, -0.15) is 0 Å². The third-order valence-corrected chi connectivity index (χ3v) is 6.72. The molecular weight excluding hydrogens is 594 g/mol. The molecule has 13 heteroatoms. The molecule has 0 saturated heterocycles. The molecule has 0 fully saturated rings. The van der Waals surface area contributed by atoms with Crippen molar-refractivity contribution < 1.29 is 24.1 Å². The molecule has 0 saturated carbocycles. The van der Waals surface area contributed by atoms with Crippen molar-refractivity contribution in [3.05, 3.63) is 101 Å². The van der Waals surface area contributed by atoms with E-state index < -0.39 is 9.85 Å². The van der Waals surface area contributed by atoms with E-state index in [1.165, 1.54) is 50.6 Å². The van der Waals surface area contributed by atoms with Gasteiger partial charge in [-0.1, -0.05) is 58.5 Å². The van der Waals surface area contributed by atoms with E-state index in [2.05, 4.69) is 0 Å². The van der Waals surface area contributed by atoms with Crippen LogP contribution in [0.1, 0.15) is 0 Å². The van der Waals surface area contributed by atoms with Crippen molar-refractivity contribution in [1.82, 2.24) is 0 Å². The first-order valence-electron chi connectivity index (χ1n) is 10.9. The first-order valence-corrected chi connectivity index (χ1v) is 12.4. The van der Waals surface area contributed by atoms with E-state index >= 15 is 0 Å². The van der Waals surface area contributed by atoms with Gasteiger partial charge in [0, 0.05) is 33.3 Å². The zero-order valence-corrected chi connectivity index (χ0v) is 23.1. The highest BCUT2D eigenvalue weighted by atomic mass is 35.5. The first kappa shape index (κ1) is 28.3. The van der Waals surface area contributed by atoms with Crippen LogP contribution in [0.4, 0.5) is 11.4 Å². The molecule has 0 spiro atoms. The standard InChI is InChI=1S/C26H16Cl4N2O7/c1-37-25-19(31(33)34)7-9-21(23(25)15-5-3-13(27)11-17(15)29)39-22-10-8-20(32(35)36)26(38-2)24(22)16-6-4-14(28)12-18(16)30/h3-12H,1-2H3. The molecule has 0 unspecified atom stereocenters. The van der Waals surface area contributed by atoms with E-state index in [-0.39, 0.29) is 55.5 Å². The number of halogens is 4. The largest absolute Gasteiger partial charge is 0.490 e. The molecule has 4 aromatic rings. The van der Waals surface area contributed by atoms with Gasteiger partial charge in [0.2, 0.25) is 11.5 Å². The van der Waals surface area contributed by atoms with Crippen LogP contribution in [0.2, 0.25) is 20.1 Å². The lowest BCUT2D eigenvalue weighted by molar-refractivity contribution is -0.385. The number of benzene rings is 4. The quantitative estimate of drug-likeness (QED) is 0.144. The van der Waals surface area contributed by atoms with Gasteiger partial charge in [0.1, 0.15) is 11.5 Å². The number of ether oxygens (including phenoxy) is 3. The van der Waals surface area contributed by atoms with E-state index in [0.29, 0.717) is 21.2 Å². The SMILES string of the molecule is COc1c([N+](=O)[O-])ccc(Oc2ccc([N+](=O)[O-])c(OC)c2-c2ccc(Cl)cc2Cl)c1-c1ccc(Cl)cc1Cl. The fraction of sp³-hybridized carbons (Fsp3) is 0.0769. The number of rotatable bonds is 8. The summed E-state index contributed by atoms with van der Waals surface area (Å²) >= 11 is 25.1. The third kappa shape index (κ3) is 5.53. The number of hydrogen-bond donors (Lipinski definition) is 0. The highest BCUT2D eigenvalue weighted by molar-refractivity contribution is 6.37. The summed E-state index contributed by atoms with van der Waals surface area (Å²) in [6, 6.07) is 14.3. The Morgan fingerprint density at radius 2 is 1.00 bits per heavy atom. The van der Waals surface area contributed by atoms with Crippen molar-refractivity contribution in [3.63, 3.8) is 0 Å². The highest BCUT2D eigenvalue weighted by Gasteiger charge is 2.29. The number of nitro benzene ring substituents is 2. The second kappa shape index (κ2) is 11.5. The minimum absolute atomic E-state index is 0.0870. The Balaban J connectivity index is 2.04. The van der Waals surface area contributed by atoms with E-state index in [1.807, 2.05) is 0 Å². The van der Waals surface area contributed by atoms with Crippen LogP contribution in [0.3, 0.4) is 0 Å². The fourth-order valence-electron chi connectivity index (χ4n) is 3.99. The lowest BCUT2D eigenvalue weighted by atomic mass is 10.0. The molecule has 9 nitrogen and oxygen atoms in total. The second-order valence-corrected chi connectivity index (χ2v) is 9.53. The molecule has 0 aromatic heterocycles. The van der Waals surface area contributed by atoms with Gasteiger partial charge in [0.15, 0.2) is 0 Å². The smallest absolute Gasteiger partial charge is 0.311 e. The van der Waals surface area contributed by atoms with Gasteiger partial charge in [-0.3, -0.25) is 20.2 Å². The maximum Gasteiger partial charge on any atom is 0.311 e. The summed E-state index contributed by atoms with van der Waals surface area (Å²) in [5.74, 6) is -0.0730. The van der Waals surface area contributed by atoms with E-state index in [0.717, 1.165) is 0 Å². The van der Waals surface area contributed by atoms with Gasteiger partial charge in [-0.15, -0.1) is 0 Å². The van der Waals surface area contributed by atoms with Crippen molar-refractivity contribution in [2.24, 2.45) is 0 Å². The van der Waals surface area contributed by atoms with Crippen molar-refractivity contribution in [2.45, 2.75) is 0 Å². The summed E-state index contributed by atoms with van der Waals surface area (Å²) in [6.45, 7) is 0. The molecule has 0 radical (unpaired) electrons. The van der Waals surface area contributed by atoms with Crippen LogP contribution in [-0.4, -0.2) is 24.1 Å². The number of hydrogen-bond acceptors (Lipinski definition) is 7. The van der Waals surface area contributed by atoms with E-state index in [9.17, 15) is 20.2 Å². The number of methoxy groups -OCH3 is 2. The Bertz CT molecular complexity index is 1510. The zero-order valence-electron chi connectivity index (χ0n) is 20.0. The topological polar surface area (TPSA) is 114 Å². The Morgan fingerprint density at radius 3 is 1.31 bits per heavy atom. The monoisotopic (exact) mass is 608 g/mol. The van der Waals surface area contributed by atoms with Crippen molar-refractivity contribution >= 4 is 57.8 Å². The van der Waals surface area contributed by atoms with Crippen LogP contribution >= 0.6 is 46.4 Å². The summed E-state index contributed by atoms with van der Waals surface area (Å²) in [6.07, 6.45) is 0. The Hall–Kier alpha value is -3.76. The molecule has 0 aliphatic heterocycles. The average molecular weight is 610 g/mol. The van der Waals surface area contributed by atoms with Crippen LogP contribution in [0.25, 0.3) is 22.3 Å². The molecule has 0 aliphatic carbocycles. The van der Waals surface area contributed by atoms with Gasteiger partial charge >= 0.3 is 11.4 Å². The van der Waals surface area contributed by atoms with Gasteiger partial charge < -0.3 is 14.2 Å². The Labute approximate surface area is 241 Å². The van der Waals surface area contributed by atoms with Crippen LogP contribution in [0.15, 0.2) is 60.7 Å². The molecular formula is C26H16Cl4N2O7. The van der Waals surface area contributed by atoms with Crippen LogP contribution < -0.4 is 14.2 Å². The maximum absolute atomic E-state index is 11.8. The van der Waals surface area contributed by atoms with Crippen LogP contribution in [-0.2, 0) is 0 Å². The van der Waals surface area contributed by atoms with Crippen molar-refractivity contribution in [2.75, 3.05) is 14.2 Å². The zero-order chi connectivity index (χ0) is 28.4. The second-order valence-electron chi connectivity index (χ2n) is 7.85. The van der Waals surface area contributed by atoms with Crippen LogP contribution in [0.5, 0.6) is 23.0 Å². The third-order valence-electron chi connectivity index (χ3n) is 5.62. The first-order chi connectivity index (χ1) is 18.6. The molecule has 0 aliphatic rings. The summed E-state index contributed by atoms with van der Waals surface area (Å²) in [5, 5.41) is 24.6. The molecule has 4 aromatic carbocycles. The van der Waals surface area contributed by atoms with E-state index in [1.54, 1.807) is 24.3 Å². The Kier molecular flexibility index (Phi) is 8.36. The molecule has 0 atom stereocenters. The minimum atomic E-state index is -0.607. The Morgan fingerprint density at radius 1 is 0.615 bits per heavy atom. The summed E-state index contributed by atoms with van der Waals surface area (Å²) < 4.78 is 17.2. The van der Waals surface area contributed by atoms with Crippen molar-refractivity contribution in [1.29, 1.82) is 0 Å². The minimum Gasteiger partial charge on any atom is -0.490 e. The molecule has 39 heavy (non-hydrogen) atoms. The molecule has 200 valence electrons. The lowest BCUT2D eigenvalue weighted by Gasteiger charge is -2.19. The van der Waals surface area contributed by atoms with Gasteiger partial charge in [0.25, 0.3) is 0 Å². The maximum atomic E-state index is 11.8. The molecule has 0 amide bonds. The predicted octanol–water partition coefficient (Wildman–Crippen LogP) is 9.26. The van der Waals surface area contributed by atoms with Gasteiger partial charge in [-0.05, 0) is 36.4 Å². The van der Waals surface area contributed by atoms with Crippen molar-refractivity contribution in [3.8, 4) is 45.3 Å². The lowest BCUT2D eigenvalue weighted by Crippen LogP contribution is -2.01. The van der Waals surface area contributed by atoms with E-state index in [4.69, 9.17) is 60.6 Å². The summed E-state index contributed by atoms with van der Waals surface area (Å²) in [7, 11) is 2.54. The molecule has 0 N–H and O–H groups in total. The molecule has 0 heterocycles. The number of nitro groups is 2. The fourth-order valence-corrected chi connectivity index (χ4v) is 5.00. The summed E-state index contributed by atoms with van der Waals surface area (Å²) in [4.78, 5) is 22.4. The summed E-state index contributed by atoms with van der Waals surface area (Å²) in [5.41, 5.74) is 0.284. The normalized spacial score (nSPS) is 10.7. The van der Waals surface area contributed by atoms with Gasteiger partial charge in [-0.25, -0.2) is 0 Å². The highest BCUT2D eigenvalue weighted by Crippen LogP contribution is 2.52. The molecule has 0 bridgehead atoms. The average Bonchev–Trinajstić information content (AvgIpc) is 2.88.